The van der Waals surface area contributed by atoms with E-state index >= 15 is 0 Å². The van der Waals surface area contributed by atoms with Gasteiger partial charge in [-0.25, -0.2) is 9.97 Å². The molecule has 0 aliphatic heterocycles. The molecule has 0 bridgehead atoms. The van der Waals surface area contributed by atoms with Crippen LogP contribution in [0.3, 0.4) is 0 Å². The van der Waals surface area contributed by atoms with Crippen LogP contribution in [0.25, 0.3) is 27.8 Å². The summed E-state index contributed by atoms with van der Waals surface area (Å²) in [5.41, 5.74) is 5.04. The highest BCUT2D eigenvalue weighted by Gasteiger charge is 2.10. The minimum Gasteiger partial charge on any atom is -0.350 e. The molecule has 5 rings (SSSR count). The minimum absolute atomic E-state index is 0.0240. The van der Waals surface area contributed by atoms with E-state index in [1.807, 2.05) is 70.7 Å². The quantitative estimate of drug-likeness (QED) is 0.489. The number of carbonyl (C=O) groups is 1. The number of hydrogen-bond donors (Lipinski definition) is 1. The molecule has 6 heteroatoms. The van der Waals surface area contributed by atoms with E-state index in [2.05, 4.69) is 27.4 Å². The van der Waals surface area contributed by atoms with Crippen LogP contribution in [0.5, 0.6) is 0 Å². The van der Waals surface area contributed by atoms with Crippen LogP contribution in [0, 0.1) is 6.92 Å². The van der Waals surface area contributed by atoms with Gasteiger partial charge in [0.05, 0.1) is 11.0 Å². The van der Waals surface area contributed by atoms with E-state index in [0.29, 0.717) is 13.1 Å². The number of amides is 1. The predicted octanol–water partition coefficient (Wildman–Crippen LogP) is 4.00. The molecule has 0 saturated heterocycles. The third-order valence-corrected chi connectivity index (χ3v) is 5.32. The van der Waals surface area contributed by atoms with Crippen molar-refractivity contribution in [3.05, 3.63) is 90.5 Å². The van der Waals surface area contributed by atoms with Gasteiger partial charge in [-0.15, -0.1) is 0 Å². The van der Waals surface area contributed by atoms with E-state index in [1.54, 1.807) is 12.5 Å². The highest BCUT2D eigenvalue weighted by molar-refractivity contribution is 5.84. The average Bonchev–Trinajstić information content (AvgIpc) is 3.34. The molecule has 6 nitrogen and oxygen atoms in total. The SMILES string of the molecule is Cc1cc2ccccc2n1CC(=O)NCc1ccc(-n2cnc3ccccc32)nc1. The van der Waals surface area contributed by atoms with Gasteiger partial charge in [0.15, 0.2) is 0 Å². The summed E-state index contributed by atoms with van der Waals surface area (Å²) in [6.45, 7) is 2.76. The normalized spacial score (nSPS) is 11.2. The topological polar surface area (TPSA) is 64.7 Å². The Morgan fingerprint density at radius 3 is 2.60 bits per heavy atom. The van der Waals surface area contributed by atoms with Gasteiger partial charge in [0.2, 0.25) is 5.91 Å². The Kier molecular flexibility index (Phi) is 4.52. The summed E-state index contributed by atoms with van der Waals surface area (Å²) < 4.78 is 3.99. The molecule has 0 spiro atoms. The Morgan fingerprint density at radius 2 is 1.77 bits per heavy atom. The molecule has 0 aliphatic rings. The maximum atomic E-state index is 12.5. The molecule has 3 heterocycles. The smallest absolute Gasteiger partial charge is 0.240 e. The molecule has 0 aliphatic carbocycles. The fourth-order valence-corrected chi connectivity index (χ4v) is 3.76. The van der Waals surface area contributed by atoms with E-state index in [0.717, 1.165) is 39.0 Å². The standard InChI is InChI=1S/C24H21N5O/c1-17-12-19-6-2-4-8-21(19)28(17)15-24(30)26-14-18-10-11-23(25-13-18)29-16-27-20-7-3-5-9-22(20)29/h2-13,16H,14-15H2,1H3,(H,26,30). The number of para-hydroxylation sites is 3. The first-order valence-electron chi connectivity index (χ1n) is 9.88. The van der Waals surface area contributed by atoms with Gasteiger partial charge in [0, 0.05) is 24.0 Å². The zero-order chi connectivity index (χ0) is 20.5. The lowest BCUT2D eigenvalue weighted by atomic mass is 10.2. The zero-order valence-electron chi connectivity index (χ0n) is 16.6. The highest BCUT2D eigenvalue weighted by atomic mass is 16.1. The third-order valence-electron chi connectivity index (χ3n) is 5.32. The minimum atomic E-state index is -0.0240. The van der Waals surface area contributed by atoms with Crippen LogP contribution in [0.2, 0.25) is 0 Å². The number of benzene rings is 2. The molecule has 0 atom stereocenters. The highest BCUT2D eigenvalue weighted by Crippen LogP contribution is 2.19. The molecule has 0 fully saturated rings. The first kappa shape index (κ1) is 18.1. The summed E-state index contributed by atoms with van der Waals surface area (Å²) >= 11 is 0. The lowest BCUT2D eigenvalue weighted by Gasteiger charge is -2.10. The van der Waals surface area contributed by atoms with Crippen molar-refractivity contribution >= 4 is 27.8 Å². The van der Waals surface area contributed by atoms with Gasteiger partial charge < -0.3 is 9.88 Å². The second-order valence-corrected chi connectivity index (χ2v) is 7.34. The molecule has 3 aromatic heterocycles. The van der Waals surface area contributed by atoms with Crippen molar-refractivity contribution in [2.75, 3.05) is 0 Å². The molecule has 0 unspecified atom stereocenters. The Hall–Kier alpha value is -3.93. The maximum absolute atomic E-state index is 12.5. The number of rotatable bonds is 5. The van der Waals surface area contributed by atoms with Crippen molar-refractivity contribution in [3.63, 3.8) is 0 Å². The molecule has 148 valence electrons. The lowest BCUT2D eigenvalue weighted by Crippen LogP contribution is -2.27. The Bertz CT molecular complexity index is 1350. The van der Waals surface area contributed by atoms with Gasteiger partial charge >= 0.3 is 0 Å². The van der Waals surface area contributed by atoms with Gasteiger partial charge in [-0.2, -0.15) is 0 Å². The molecular weight excluding hydrogens is 374 g/mol. The number of fused-ring (bicyclic) bond motifs is 2. The first-order chi connectivity index (χ1) is 14.7. The van der Waals surface area contributed by atoms with Gasteiger partial charge in [-0.1, -0.05) is 36.4 Å². The summed E-state index contributed by atoms with van der Waals surface area (Å²) in [4.78, 5) is 21.5. The fraction of sp³-hybridized carbons (Fsp3) is 0.125. The second kappa shape index (κ2) is 7.48. The van der Waals surface area contributed by atoms with Crippen LogP contribution in [0.4, 0.5) is 0 Å². The van der Waals surface area contributed by atoms with Crippen LogP contribution in [-0.4, -0.2) is 25.0 Å². The van der Waals surface area contributed by atoms with Crippen LogP contribution >= 0.6 is 0 Å². The summed E-state index contributed by atoms with van der Waals surface area (Å²) in [6, 6.07) is 22.1. The number of hydrogen-bond acceptors (Lipinski definition) is 3. The lowest BCUT2D eigenvalue weighted by molar-refractivity contribution is -0.121. The van der Waals surface area contributed by atoms with Crippen LogP contribution in [0.15, 0.2) is 79.3 Å². The molecular formula is C24H21N5O. The number of nitrogens with one attached hydrogen (secondary N) is 1. The third kappa shape index (κ3) is 3.33. The van der Waals surface area contributed by atoms with Crippen molar-refractivity contribution in [1.82, 2.24) is 24.4 Å². The summed E-state index contributed by atoms with van der Waals surface area (Å²) in [5, 5.41) is 4.14. The maximum Gasteiger partial charge on any atom is 0.240 e. The first-order valence-corrected chi connectivity index (χ1v) is 9.88. The van der Waals surface area contributed by atoms with Crippen LogP contribution < -0.4 is 5.32 Å². The van der Waals surface area contributed by atoms with Crippen molar-refractivity contribution in [1.29, 1.82) is 0 Å². The molecule has 0 saturated carbocycles. The van der Waals surface area contributed by atoms with Crippen molar-refractivity contribution < 1.29 is 4.79 Å². The Labute approximate surface area is 173 Å². The molecule has 2 aromatic carbocycles. The van der Waals surface area contributed by atoms with Crippen molar-refractivity contribution in [2.24, 2.45) is 0 Å². The largest absolute Gasteiger partial charge is 0.350 e. The Morgan fingerprint density at radius 1 is 0.967 bits per heavy atom. The van der Waals surface area contributed by atoms with Gasteiger partial charge in [0.25, 0.3) is 0 Å². The summed E-state index contributed by atoms with van der Waals surface area (Å²) in [6.07, 6.45) is 3.57. The number of nitrogens with zero attached hydrogens (tertiary/aromatic N) is 4. The van der Waals surface area contributed by atoms with Gasteiger partial charge in [-0.05, 0) is 48.2 Å². The number of aryl methyl sites for hydroxylation is 1. The number of carbonyl (C=O) groups excluding carboxylic acids is 1. The Balaban J connectivity index is 1.26. The number of imidazole rings is 1. The van der Waals surface area contributed by atoms with Crippen LogP contribution in [0.1, 0.15) is 11.3 Å². The van der Waals surface area contributed by atoms with E-state index in [1.165, 1.54) is 0 Å². The predicted molar refractivity (Wildman–Crippen MR) is 117 cm³/mol. The summed E-state index contributed by atoms with van der Waals surface area (Å²) in [5.74, 6) is 0.775. The number of aromatic nitrogens is 4. The van der Waals surface area contributed by atoms with Crippen molar-refractivity contribution in [3.8, 4) is 5.82 Å². The van der Waals surface area contributed by atoms with E-state index in [9.17, 15) is 4.79 Å². The summed E-state index contributed by atoms with van der Waals surface area (Å²) in [7, 11) is 0. The van der Waals surface area contributed by atoms with Crippen LogP contribution in [-0.2, 0) is 17.9 Å². The average molecular weight is 395 g/mol. The fourth-order valence-electron chi connectivity index (χ4n) is 3.76. The molecule has 5 aromatic rings. The number of pyridine rings is 1. The second-order valence-electron chi connectivity index (χ2n) is 7.34. The van der Waals surface area contributed by atoms with E-state index < -0.39 is 0 Å². The van der Waals surface area contributed by atoms with E-state index in [4.69, 9.17) is 0 Å². The zero-order valence-corrected chi connectivity index (χ0v) is 16.6. The molecule has 30 heavy (non-hydrogen) atoms. The monoisotopic (exact) mass is 395 g/mol. The van der Waals surface area contributed by atoms with Gasteiger partial charge in [-0.3, -0.25) is 9.36 Å². The molecule has 1 amide bonds. The molecule has 0 radical (unpaired) electrons. The molecule has 1 N–H and O–H groups in total. The van der Waals surface area contributed by atoms with Crippen molar-refractivity contribution in [2.45, 2.75) is 20.0 Å². The van der Waals surface area contributed by atoms with E-state index in [-0.39, 0.29) is 5.91 Å². The van der Waals surface area contributed by atoms with Gasteiger partial charge in [0.1, 0.15) is 18.7 Å².